The minimum absolute atomic E-state index is 0.209. The van der Waals surface area contributed by atoms with Crippen LogP contribution in [0.1, 0.15) is 19.8 Å². The second-order valence-electron chi connectivity index (χ2n) is 6.82. The van der Waals surface area contributed by atoms with E-state index in [4.69, 9.17) is 14.2 Å². The van der Waals surface area contributed by atoms with Crippen molar-refractivity contribution in [2.75, 3.05) is 51.9 Å². The lowest BCUT2D eigenvalue weighted by Crippen LogP contribution is -2.48. The maximum Gasteiger partial charge on any atom is 0.321 e. The Labute approximate surface area is 177 Å². The summed E-state index contributed by atoms with van der Waals surface area (Å²) >= 11 is 0. The van der Waals surface area contributed by atoms with Crippen LogP contribution in [0.3, 0.4) is 0 Å². The fourth-order valence-electron chi connectivity index (χ4n) is 3.10. The number of anilines is 1. The second kappa shape index (κ2) is 9.94. The van der Waals surface area contributed by atoms with Gasteiger partial charge in [0.1, 0.15) is 11.6 Å². The highest BCUT2D eigenvalue weighted by atomic mass is 32.2. The molecule has 1 fully saturated rings. The quantitative estimate of drug-likeness (QED) is 0.552. The van der Waals surface area contributed by atoms with E-state index in [1.165, 1.54) is 18.5 Å². The number of piperazine rings is 1. The number of sulfonamides is 1. The number of hydrogen-bond acceptors (Lipinski definition) is 8. The van der Waals surface area contributed by atoms with E-state index in [2.05, 4.69) is 16.9 Å². The average Bonchev–Trinajstić information content (AvgIpc) is 2.79. The molecule has 2 heterocycles. The molecule has 9 nitrogen and oxygen atoms in total. The predicted molar refractivity (Wildman–Crippen MR) is 113 cm³/mol. The van der Waals surface area contributed by atoms with E-state index in [0.29, 0.717) is 50.2 Å². The molecule has 0 aliphatic carbocycles. The summed E-state index contributed by atoms with van der Waals surface area (Å²) in [5, 5.41) is 0. The van der Waals surface area contributed by atoms with Gasteiger partial charge in [0.25, 0.3) is 0 Å². The standard InChI is InChI=1S/C20H28N4O5S/c1-4-5-14-29-16-6-8-17(9-7-16)30(25,26)24-12-10-23(11-13-24)18-15-19(27-2)22-20(21-18)28-3/h6-9,15H,4-5,10-14H2,1-3H3. The number of rotatable bonds is 9. The van der Waals surface area contributed by atoms with Crippen molar-refractivity contribution in [1.29, 1.82) is 0 Å². The number of methoxy groups -OCH3 is 2. The van der Waals surface area contributed by atoms with E-state index < -0.39 is 10.0 Å². The normalized spacial score (nSPS) is 15.1. The summed E-state index contributed by atoms with van der Waals surface area (Å²) in [5.74, 6) is 1.72. The first-order valence-electron chi connectivity index (χ1n) is 9.93. The molecule has 0 radical (unpaired) electrons. The number of benzene rings is 1. The highest BCUT2D eigenvalue weighted by molar-refractivity contribution is 7.89. The monoisotopic (exact) mass is 436 g/mol. The van der Waals surface area contributed by atoms with Crippen LogP contribution in [0.2, 0.25) is 0 Å². The predicted octanol–water partition coefficient (Wildman–Crippen LogP) is 2.18. The van der Waals surface area contributed by atoms with Crippen molar-refractivity contribution < 1.29 is 22.6 Å². The zero-order valence-electron chi connectivity index (χ0n) is 17.6. The molecule has 1 saturated heterocycles. The largest absolute Gasteiger partial charge is 0.494 e. The first kappa shape index (κ1) is 22.1. The lowest BCUT2D eigenvalue weighted by Gasteiger charge is -2.34. The van der Waals surface area contributed by atoms with Crippen LogP contribution < -0.4 is 19.1 Å². The van der Waals surface area contributed by atoms with Crippen LogP contribution in [0, 0.1) is 0 Å². The van der Waals surface area contributed by atoms with Gasteiger partial charge >= 0.3 is 6.01 Å². The third-order valence-corrected chi connectivity index (χ3v) is 6.76. The first-order valence-corrected chi connectivity index (χ1v) is 11.4. The summed E-state index contributed by atoms with van der Waals surface area (Å²) in [5.41, 5.74) is 0. The van der Waals surface area contributed by atoms with Gasteiger partial charge in [-0.3, -0.25) is 0 Å². The third-order valence-electron chi connectivity index (χ3n) is 4.85. The third kappa shape index (κ3) is 5.11. The smallest absolute Gasteiger partial charge is 0.321 e. The van der Waals surface area contributed by atoms with Crippen molar-refractivity contribution >= 4 is 15.8 Å². The molecule has 1 aliphatic heterocycles. The molecule has 0 unspecified atom stereocenters. The number of nitrogens with zero attached hydrogens (tertiary/aromatic N) is 4. The zero-order chi connectivity index (χ0) is 21.6. The van der Waals surface area contributed by atoms with E-state index >= 15 is 0 Å². The van der Waals surface area contributed by atoms with E-state index in [1.54, 1.807) is 30.3 Å². The van der Waals surface area contributed by atoms with Crippen LogP contribution in [-0.2, 0) is 10.0 Å². The van der Waals surface area contributed by atoms with E-state index in [0.717, 1.165) is 12.8 Å². The molecule has 0 saturated carbocycles. The fraction of sp³-hybridized carbons (Fsp3) is 0.500. The van der Waals surface area contributed by atoms with Crippen molar-refractivity contribution in [3.63, 3.8) is 0 Å². The van der Waals surface area contributed by atoms with Crippen molar-refractivity contribution in [3.8, 4) is 17.6 Å². The molecular weight excluding hydrogens is 408 g/mol. The summed E-state index contributed by atoms with van der Waals surface area (Å²) in [7, 11) is -0.553. The number of hydrogen-bond donors (Lipinski definition) is 0. The Kier molecular flexibility index (Phi) is 7.33. The molecule has 164 valence electrons. The van der Waals surface area contributed by atoms with Gasteiger partial charge in [-0.1, -0.05) is 13.3 Å². The molecule has 0 spiro atoms. The van der Waals surface area contributed by atoms with Crippen molar-refractivity contribution in [3.05, 3.63) is 30.3 Å². The maximum atomic E-state index is 13.0. The molecule has 1 aliphatic rings. The Balaban J connectivity index is 1.65. The Bertz CT molecular complexity index is 906. The van der Waals surface area contributed by atoms with Gasteiger partial charge in [-0.25, -0.2) is 8.42 Å². The first-order chi connectivity index (χ1) is 14.5. The maximum absolute atomic E-state index is 13.0. The Morgan fingerprint density at radius 3 is 2.30 bits per heavy atom. The lowest BCUT2D eigenvalue weighted by molar-refractivity contribution is 0.309. The summed E-state index contributed by atoms with van der Waals surface area (Å²) in [6, 6.07) is 8.54. The van der Waals surface area contributed by atoms with Crippen molar-refractivity contribution in [2.24, 2.45) is 0 Å². The lowest BCUT2D eigenvalue weighted by atomic mass is 10.3. The van der Waals surface area contributed by atoms with Gasteiger partial charge < -0.3 is 19.1 Å². The molecular formula is C20H28N4O5S. The van der Waals surface area contributed by atoms with Gasteiger partial charge in [0.05, 0.1) is 25.7 Å². The van der Waals surface area contributed by atoms with Gasteiger partial charge in [0, 0.05) is 32.2 Å². The summed E-state index contributed by atoms with van der Waals surface area (Å²) in [6.07, 6.45) is 2.02. The molecule has 0 bridgehead atoms. The fourth-order valence-corrected chi connectivity index (χ4v) is 4.52. The van der Waals surface area contributed by atoms with E-state index in [-0.39, 0.29) is 10.9 Å². The number of ether oxygens (including phenoxy) is 3. The van der Waals surface area contributed by atoms with Crippen LogP contribution in [0.5, 0.6) is 17.6 Å². The van der Waals surface area contributed by atoms with Crippen molar-refractivity contribution in [1.82, 2.24) is 14.3 Å². The van der Waals surface area contributed by atoms with Crippen LogP contribution in [-0.4, -0.2) is 69.7 Å². The van der Waals surface area contributed by atoms with Gasteiger partial charge in [0.15, 0.2) is 0 Å². The Hall–Kier alpha value is -2.59. The van der Waals surface area contributed by atoms with Crippen molar-refractivity contribution in [2.45, 2.75) is 24.7 Å². The second-order valence-corrected chi connectivity index (χ2v) is 8.76. The van der Waals surface area contributed by atoms with E-state index in [1.807, 2.05) is 4.90 Å². The van der Waals surface area contributed by atoms with Gasteiger partial charge in [0.2, 0.25) is 15.9 Å². The molecule has 1 aromatic heterocycles. The zero-order valence-corrected chi connectivity index (χ0v) is 18.4. The molecule has 0 N–H and O–H groups in total. The minimum Gasteiger partial charge on any atom is -0.494 e. The van der Waals surface area contributed by atoms with Gasteiger partial charge in [-0.2, -0.15) is 14.3 Å². The van der Waals surface area contributed by atoms with Crippen LogP contribution in [0.4, 0.5) is 5.82 Å². The summed E-state index contributed by atoms with van der Waals surface area (Å²) < 4.78 is 43.4. The van der Waals surface area contributed by atoms with Crippen LogP contribution >= 0.6 is 0 Å². The van der Waals surface area contributed by atoms with Crippen LogP contribution in [0.15, 0.2) is 35.2 Å². The number of aromatic nitrogens is 2. The average molecular weight is 437 g/mol. The molecule has 0 amide bonds. The van der Waals surface area contributed by atoms with Crippen LogP contribution in [0.25, 0.3) is 0 Å². The van der Waals surface area contributed by atoms with Gasteiger partial charge in [-0.15, -0.1) is 0 Å². The molecule has 3 rings (SSSR count). The number of unbranched alkanes of at least 4 members (excludes halogenated alkanes) is 1. The minimum atomic E-state index is -3.57. The highest BCUT2D eigenvalue weighted by Crippen LogP contribution is 2.25. The Morgan fingerprint density at radius 2 is 1.70 bits per heavy atom. The topological polar surface area (TPSA) is 94.1 Å². The molecule has 30 heavy (non-hydrogen) atoms. The molecule has 0 atom stereocenters. The van der Waals surface area contributed by atoms with E-state index in [9.17, 15) is 8.42 Å². The summed E-state index contributed by atoms with van der Waals surface area (Å²) in [4.78, 5) is 10.7. The molecule has 1 aromatic carbocycles. The molecule has 10 heteroatoms. The SMILES string of the molecule is CCCCOc1ccc(S(=O)(=O)N2CCN(c3cc(OC)nc(OC)n3)CC2)cc1. The molecule has 2 aromatic rings. The summed E-state index contributed by atoms with van der Waals surface area (Å²) in [6.45, 7) is 4.43. The highest BCUT2D eigenvalue weighted by Gasteiger charge is 2.29. The van der Waals surface area contributed by atoms with Gasteiger partial charge in [-0.05, 0) is 30.7 Å². The Morgan fingerprint density at radius 1 is 1.00 bits per heavy atom.